The standard InChI is InChI=1S/C36H42N4O10S/c1-23(2)32(35(46)37-24(3)33(44)38-27(21-31(42)43)18-19-51(48,49)29-12-8-5-9-13-29)40-34(45)30(20-25-14-16-28(41)17-15-25)39-36(47)50-22-26-10-6-4-7-11-26/h4-19,23-24,27,30,32,41H,20-22H2,1-3H3,(H,37,46)(H,38,44)(H,39,47)(H,40,45)(H,42,43)/b19-18+/t24-,27?,30-,32?/m0/s1. The first-order chi connectivity index (χ1) is 24.1. The number of aromatic hydroxyl groups is 1. The molecular formula is C36H42N4O10S. The molecule has 15 heteroatoms. The summed E-state index contributed by atoms with van der Waals surface area (Å²) >= 11 is 0. The summed E-state index contributed by atoms with van der Waals surface area (Å²) in [5.41, 5.74) is 1.32. The molecule has 4 amide bonds. The van der Waals surface area contributed by atoms with Gasteiger partial charge >= 0.3 is 12.1 Å². The van der Waals surface area contributed by atoms with Crippen molar-refractivity contribution in [3.05, 3.63) is 108 Å². The summed E-state index contributed by atoms with van der Waals surface area (Å²) in [6.45, 7) is 4.61. The highest BCUT2D eigenvalue weighted by Crippen LogP contribution is 2.14. The van der Waals surface area contributed by atoms with Gasteiger partial charge < -0.3 is 36.2 Å². The van der Waals surface area contributed by atoms with E-state index < -0.39 is 76.1 Å². The van der Waals surface area contributed by atoms with Crippen molar-refractivity contribution in [3.8, 4) is 5.75 Å². The summed E-state index contributed by atoms with van der Waals surface area (Å²) in [6.07, 6.45) is -0.487. The largest absolute Gasteiger partial charge is 0.508 e. The van der Waals surface area contributed by atoms with E-state index in [0.29, 0.717) is 5.56 Å². The Hall–Kier alpha value is -5.70. The Labute approximate surface area is 296 Å². The zero-order chi connectivity index (χ0) is 37.6. The molecule has 0 saturated heterocycles. The van der Waals surface area contributed by atoms with Crippen LogP contribution in [-0.4, -0.2) is 72.6 Å². The van der Waals surface area contributed by atoms with E-state index in [1.807, 2.05) is 6.07 Å². The van der Waals surface area contributed by atoms with Crippen molar-refractivity contribution in [1.82, 2.24) is 21.3 Å². The van der Waals surface area contributed by atoms with Crippen molar-refractivity contribution in [2.24, 2.45) is 5.92 Å². The van der Waals surface area contributed by atoms with Gasteiger partial charge in [0, 0.05) is 11.8 Å². The second-order valence-electron chi connectivity index (χ2n) is 12.0. The number of carbonyl (C=O) groups is 5. The molecule has 3 aromatic rings. The monoisotopic (exact) mass is 722 g/mol. The van der Waals surface area contributed by atoms with Crippen LogP contribution in [0.5, 0.6) is 5.75 Å². The zero-order valence-electron chi connectivity index (χ0n) is 28.3. The molecule has 0 aliphatic carbocycles. The van der Waals surface area contributed by atoms with Crippen molar-refractivity contribution in [1.29, 1.82) is 0 Å². The first-order valence-electron chi connectivity index (χ1n) is 16.0. The number of hydrogen-bond acceptors (Lipinski definition) is 9. The number of aliphatic carboxylic acids is 1. The van der Waals surface area contributed by atoms with E-state index in [1.54, 1.807) is 56.3 Å². The van der Waals surface area contributed by atoms with Crippen molar-refractivity contribution >= 4 is 39.6 Å². The van der Waals surface area contributed by atoms with Crippen molar-refractivity contribution in [3.63, 3.8) is 0 Å². The Morgan fingerprint density at radius 1 is 0.745 bits per heavy atom. The molecule has 0 radical (unpaired) electrons. The summed E-state index contributed by atoms with van der Waals surface area (Å²) in [4.78, 5) is 64.1. The van der Waals surface area contributed by atoms with Crippen molar-refractivity contribution in [2.75, 3.05) is 0 Å². The minimum Gasteiger partial charge on any atom is -0.508 e. The number of hydrogen-bond donors (Lipinski definition) is 6. The van der Waals surface area contributed by atoms with E-state index in [2.05, 4.69) is 21.3 Å². The van der Waals surface area contributed by atoms with Crippen LogP contribution >= 0.6 is 0 Å². The van der Waals surface area contributed by atoms with Crippen LogP contribution in [0.4, 0.5) is 4.79 Å². The Balaban J connectivity index is 1.69. The maximum absolute atomic E-state index is 13.6. The molecule has 0 aliphatic rings. The second-order valence-corrected chi connectivity index (χ2v) is 13.8. The highest BCUT2D eigenvalue weighted by molar-refractivity contribution is 7.94. The third-order valence-electron chi connectivity index (χ3n) is 7.48. The van der Waals surface area contributed by atoms with Crippen LogP contribution in [0, 0.1) is 5.92 Å². The number of phenolic OH excluding ortho intramolecular Hbond substituents is 1. The SMILES string of the molecule is CC(C)C(NC(=O)[C@H](Cc1ccc(O)cc1)NC(=O)OCc1ccccc1)C(=O)N[C@@H](C)C(=O)NC(/C=C/S(=O)(=O)c1ccccc1)CC(=O)O. The number of carboxylic acids is 1. The maximum atomic E-state index is 13.6. The average Bonchev–Trinajstić information content (AvgIpc) is 3.09. The van der Waals surface area contributed by atoms with Crippen LogP contribution in [0.2, 0.25) is 0 Å². The van der Waals surface area contributed by atoms with Crippen molar-refractivity contribution in [2.45, 2.75) is 69.3 Å². The lowest BCUT2D eigenvalue weighted by Crippen LogP contribution is -2.58. The van der Waals surface area contributed by atoms with Crippen LogP contribution in [0.25, 0.3) is 0 Å². The molecule has 0 saturated carbocycles. The smallest absolute Gasteiger partial charge is 0.408 e. The van der Waals surface area contributed by atoms with E-state index in [4.69, 9.17) is 4.74 Å². The Morgan fingerprint density at radius 3 is 1.94 bits per heavy atom. The van der Waals surface area contributed by atoms with Gasteiger partial charge in [-0.1, -0.05) is 74.5 Å². The number of carboxylic acid groups (broad SMARTS) is 1. The lowest BCUT2D eigenvalue weighted by Gasteiger charge is -2.27. The van der Waals surface area contributed by atoms with E-state index in [9.17, 15) is 42.6 Å². The van der Waals surface area contributed by atoms with Crippen LogP contribution in [-0.2, 0) is 46.8 Å². The van der Waals surface area contributed by atoms with Gasteiger partial charge in [-0.25, -0.2) is 13.2 Å². The molecule has 0 aromatic heterocycles. The van der Waals surface area contributed by atoms with Gasteiger partial charge in [-0.15, -0.1) is 0 Å². The number of sulfone groups is 1. The highest BCUT2D eigenvalue weighted by Gasteiger charge is 2.31. The molecule has 51 heavy (non-hydrogen) atoms. The molecule has 272 valence electrons. The fourth-order valence-corrected chi connectivity index (χ4v) is 5.78. The third kappa shape index (κ3) is 13.3. The summed E-state index contributed by atoms with van der Waals surface area (Å²) < 4.78 is 30.6. The molecule has 0 fully saturated rings. The number of amides is 4. The Kier molecular flexibility index (Phi) is 14.7. The maximum Gasteiger partial charge on any atom is 0.408 e. The normalized spacial score (nSPS) is 13.7. The molecule has 0 aliphatic heterocycles. The molecule has 2 unspecified atom stereocenters. The second kappa shape index (κ2) is 18.9. The first kappa shape index (κ1) is 39.7. The van der Waals surface area contributed by atoms with Gasteiger partial charge in [0.25, 0.3) is 0 Å². The lowest BCUT2D eigenvalue weighted by atomic mass is 10.0. The summed E-state index contributed by atoms with van der Waals surface area (Å²) in [6, 6.07) is 17.5. The molecule has 0 bridgehead atoms. The lowest BCUT2D eigenvalue weighted by molar-refractivity contribution is -0.137. The highest BCUT2D eigenvalue weighted by atomic mass is 32.2. The van der Waals surface area contributed by atoms with Gasteiger partial charge in [-0.05, 0) is 54.3 Å². The van der Waals surface area contributed by atoms with Gasteiger partial charge in [0.2, 0.25) is 17.7 Å². The first-order valence-corrected chi connectivity index (χ1v) is 17.6. The van der Waals surface area contributed by atoms with Crippen molar-refractivity contribution < 1.29 is 47.3 Å². The summed E-state index contributed by atoms with van der Waals surface area (Å²) in [5.74, 6) is -4.06. The van der Waals surface area contributed by atoms with Gasteiger partial charge in [0.1, 0.15) is 30.5 Å². The molecule has 4 atom stereocenters. The van der Waals surface area contributed by atoms with E-state index in [0.717, 1.165) is 17.0 Å². The third-order valence-corrected chi connectivity index (χ3v) is 8.93. The number of carbonyl (C=O) groups excluding carboxylic acids is 4. The van der Waals surface area contributed by atoms with Crippen LogP contribution in [0.15, 0.2) is 101 Å². The molecular weight excluding hydrogens is 680 g/mol. The topological polar surface area (TPSA) is 217 Å². The predicted molar refractivity (Wildman–Crippen MR) is 187 cm³/mol. The molecule has 3 rings (SSSR count). The predicted octanol–water partition coefficient (Wildman–Crippen LogP) is 2.82. The molecule has 0 spiro atoms. The molecule has 0 heterocycles. The molecule has 14 nitrogen and oxygen atoms in total. The number of rotatable bonds is 17. The Bertz CT molecular complexity index is 1780. The van der Waals surface area contributed by atoms with Gasteiger partial charge in [0.05, 0.1) is 17.4 Å². The zero-order valence-corrected chi connectivity index (χ0v) is 29.1. The summed E-state index contributed by atoms with van der Waals surface area (Å²) in [7, 11) is -3.93. The Morgan fingerprint density at radius 2 is 1.35 bits per heavy atom. The van der Waals surface area contributed by atoms with Crippen LogP contribution in [0.1, 0.15) is 38.3 Å². The average molecular weight is 723 g/mol. The molecule has 3 aromatic carbocycles. The number of nitrogens with one attached hydrogen (secondary N) is 4. The quantitative estimate of drug-likeness (QED) is 0.120. The van der Waals surface area contributed by atoms with E-state index >= 15 is 0 Å². The van der Waals surface area contributed by atoms with Gasteiger partial charge in [0.15, 0.2) is 9.84 Å². The minimum absolute atomic E-state index is 0.00667. The number of phenols is 1. The fourth-order valence-electron chi connectivity index (χ4n) is 4.69. The number of alkyl carbamates (subject to hydrolysis) is 1. The van der Waals surface area contributed by atoms with E-state index in [1.165, 1.54) is 43.3 Å². The number of ether oxygens (including phenoxy) is 1. The van der Waals surface area contributed by atoms with Crippen LogP contribution < -0.4 is 21.3 Å². The van der Waals surface area contributed by atoms with Gasteiger partial charge in [-0.2, -0.15) is 0 Å². The van der Waals surface area contributed by atoms with Gasteiger partial charge in [-0.3, -0.25) is 19.2 Å². The number of benzene rings is 3. The summed E-state index contributed by atoms with van der Waals surface area (Å²) in [5, 5.41) is 29.9. The molecule has 6 N–H and O–H groups in total. The minimum atomic E-state index is -3.93. The van der Waals surface area contributed by atoms with E-state index in [-0.39, 0.29) is 23.7 Å². The fraction of sp³-hybridized carbons (Fsp3) is 0.306. The van der Waals surface area contributed by atoms with Crippen LogP contribution in [0.3, 0.4) is 0 Å².